The zero-order valence-corrected chi connectivity index (χ0v) is 16.0. The number of benzene rings is 4. The predicted molar refractivity (Wildman–Crippen MR) is 115 cm³/mol. The van der Waals surface area contributed by atoms with Crippen LogP contribution in [0, 0.1) is 0 Å². The Hall–Kier alpha value is -3.79. The molecule has 1 N–H and O–H groups in total. The van der Waals surface area contributed by atoms with Crippen LogP contribution in [-0.2, 0) is 4.79 Å². The fourth-order valence-electron chi connectivity index (χ4n) is 3.17. The van der Waals surface area contributed by atoms with E-state index in [1.165, 1.54) is 0 Å². The molecule has 4 rings (SSSR count). The number of anilines is 1. The highest BCUT2D eigenvalue weighted by atomic mass is 16.5. The summed E-state index contributed by atoms with van der Waals surface area (Å²) in [6.45, 7) is 0. The van der Waals surface area contributed by atoms with E-state index in [0.717, 1.165) is 27.8 Å². The first-order chi connectivity index (χ1) is 14.2. The van der Waals surface area contributed by atoms with Crippen molar-refractivity contribution >= 4 is 22.4 Å². The number of hydrogen-bond acceptors (Lipinski definition) is 3. The molecule has 0 radical (unpaired) electrons. The molecule has 0 bridgehead atoms. The van der Waals surface area contributed by atoms with Crippen molar-refractivity contribution in [3.8, 4) is 11.5 Å². The Bertz CT molecular complexity index is 1110. The molecule has 0 aliphatic carbocycles. The summed E-state index contributed by atoms with van der Waals surface area (Å²) in [5, 5.41) is 5.18. The van der Waals surface area contributed by atoms with Crippen molar-refractivity contribution < 1.29 is 14.3 Å². The van der Waals surface area contributed by atoms with Crippen LogP contribution in [0.15, 0.2) is 97.1 Å². The first kappa shape index (κ1) is 18.6. The third-order valence-electron chi connectivity index (χ3n) is 4.67. The summed E-state index contributed by atoms with van der Waals surface area (Å²) in [4.78, 5) is 13.1. The highest BCUT2D eigenvalue weighted by molar-refractivity contribution is 5.97. The summed E-state index contributed by atoms with van der Waals surface area (Å²) < 4.78 is 11.2. The van der Waals surface area contributed by atoms with Gasteiger partial charge in [-0.2, -0.15) is 0 Å². The van der Waals surface area contributed by atoms with Crippen LogP contribution in [0.1, 0.15) is 11.7 Å². The minimum Gasteiger partial charge on any atom is -0.497 e. The van der Waals surface area contributed by atoms with Crippen molar-refractivity contribution in [3.63, 3.8) is 0 Å². The van der Waals surface area contributed by atoms with E-state index in [2.05, 4.69) is 5.32 Å². The molecule has 0 saturated carbocycles. The van der Waals surface area contributed by atoms with Gasteiger partial charge in [0, 0.05) is 11.3 Å². The van der Waals surface area contributed by atoms with Crippen LogP contribution < -0.4 is 14.8 Å². The fraction of sp³-hybridized carbons (Fsp3) is 0.0800. The Balaban J connectivity index is 1.59. The van der Waals surface area contributed by atoms with Gasteiger partial charge in [0.1, 0.15) is 11.5 Å². The van der Waals surface area contributed by atoms with Gasteiger partial charge in [0.15, 0.2) is 0 Å². The quantitative estimate of drug-likeness (QED) is 0.471. The number of carbonyl (C=O) groups is 1. The van der Waals surface area contributed by atoms with Gasteiger partial charge in [-0.15, -0.1) is 0 Å². The molecule has 144 valence electrons. The van der Waals surface area contributed by atoms with Crippen LogP contribution >= 0.6 is 0 Å². The van der Waals surface area contributed by atoms with Crippen LogP contribution in [0.5, 0.6) is 11.5 Å². The Morgan fingerprint density at radius 3 is 2.14 bits per heavy atom. The summed E-state index contributed by atoms with van der Waals surface area (Å²) >= 11 is 0. The van der Waals surface area contributed by atoms with Gasteiger partial charge in [-0.1, -0.05) is 60.7 Å². The van der Waals surface area contributed by atoms with Gasteiger partial charge >= 0.3 is 0 Å². The summed E-state index contributed by atoms with van der Waals surface area (Å²) in [5.74, 6) is 1.09. The smallest absolute Gasteiger partial charge is 0.270 e. The van der Waals surface area contributed by atoms with Crippen molar-refractivity contribution in [1.82, 2.24) is 0 Å². The van der Waals surface area contributed by atoms with Crippen molar-refractivity contribution in [3.05, 3.63) is 103 Å². The van der Waals surface area contributed by atoms with Crippen LogP contribution in [0.3, 0.4) is 0 Å². The Morgan fingerprint density at radius 2 is 1.41 bits per heavy atom. The molecule has 4 aromatic carbocycles. The lowest BCUT2D eigenvalue weighted by molar-refractivity contribution is -0.123. The SMILES string of the molecule is COc1ccc(O[C@H](C(=O)Nc2ccc3ccccc3c2)c2ccccc2)cc1. The number of amides is 1. The zero-order valence-electron chi connectivity index (χ0n) is 16.0. The third kappa shape index (κ3) is 4.38. The summed E-state index contributed by atoms with van der Waals surface area (Å²) in [5.41, 5.74) is 1.51. The lowest BCUT2D eigenvalue weighted by atomic mass is 10.1. The van der Waals surface area contributed by atoms with Crippen molar-refractivity contribution in [2.45, 2.75) is 6.10 Å². The van der Waals surface area contributed by atoms with Gasteiger partial charge in [-0.05, 0) is 47.2 Å². The normalized spacial score (nSPS) is 11.6. The first-order valence-corrected chi connectivity index (χ1v) is 9.38. The summed E-state index contributed by atoms with van der Waals surface area (Å²) in [7, 11) is 1.61. The van der Waals surface area contributed by atoms with Gasteiger partial charge in [-0.25, -0.2) is 0 Å². The first-order valence-electron chi connectivity index (χ1n) is 9.38. The van der Waals surface area contributed by atoms with E-state index < -0.39 is 6.10 Å². The predicted octanol–water partition coefficient (Wildman–Crippen LogP) is 5.61. The Morgan fingerprint density at radius 1 is 0.759 bits per heavy atom. The maximum Gasteiger partial charge on any atom is 0.270 e. The molecule has 0 saturated heterocycles. The average Bonchev–Trinajstić information content (AvgIpc) is 2.78. The lowest BCUT2D eigenvalue weighted by Gasteiger charge is -2.19. The molecule has 1 atom stereocenters. The molecule has 0 aliphatic heterocycles. The number of nitrogens with one attached hydrogen (secondary N) is 1. The topological polar surface area (TPSA) is 47.6 Å². The third-order valence-corrected chi connectivity index (χ3v) is 4.67. The second-order valence-electron chi connectivity index (χ2n) is 6.64. The van der Waals surface area contributed by atoms with Crippen LogP contribution in [-0.4, -0.2) is 13.0 Å². The monoisotopic (exact) mass is 383 g/mol. The van der Waals surface area contributed by atoms with E-state index in [1.54, 1.807) is 31.4 Å². The molecule has 0 aromatic heterocycles. The van der Waals surface area contributed by atoms with Gasteiger partial charge in [-0.3, -0.25) is 4.79 Å². The van der Waals surface area contributed by atoms with Gasteiger partial charge in [0.25, 0.3) is 5.91 Å². The molecule has 4 nitrogen and oxygen atoms in total. The van der Waals surface area contributed by atoms with Crippen molar-refractivity contribution in [2.75, 3.05) is 12.4 Å². The number of ether oxygens (including phenoxy) is 2. The molecule has 4 heteroatoms. The molecule has 1 amide bonds. The lowest BCUT2D eigenvalue weighted by Crippen LogP contribution is -2.25. The van der Waals surface area contributed by atoms with Gasteiger partial charge in [0.05, 0.1) is 7.11 Å². The maximum absolute atomic E-state index is 13.1. The summed E-state index contributed by atoms with van der Waals surface area (Å²) in [6, 6.07) is 30.5. The van der Waals surface area contributed by atoms with E-state index in [-0.39, 0.29) is 5.91 Å². The summed E-state index contributed by atoms with van der Waals surface area (Å²) in [6.07, 6.45) is -0.781. The van der Waals surface area contributed by atoms with Crippen LogP contribution in [0.2, 0.25) is 0 Å². The molecular weight excluding hydrogens is 362 g/mol. The number of methoxy groups -OCH3 is 1. The highest BCUT2D eigenvalue weighted by Gasteiger charge is 2.23. The second-order valence-corrected chi connectivity index (χ2v) is 6.64. The molecular formula is C25H21NO3. The largest absolute Gasteiger partial charge is 0.497 e. The van der Waals surface area contributed by atoms with Gasteiger partial charge in [0.2, 0.25) is 6.10 Å². The second kappa shape index (κ2) is 8.48. The average molecular weight is 383 g/mol. The standard InChI is InChI=1S/C25H21NO3/c1-28-22-13-15-23(16-14-22)29-24(19-8-3-2-4-9-19)25(27)26-21-12-11-18-7-5-6-10-20(18)17-21/h2-17,24H,1H3,(H,26,27)/t24-/m0/s1. The van der Waals surface area contributed by atoms with Crippen molar-refractivity contribution in [1.29, 1.82) is 0 Å². The molecule has 0 fully saturated rings. The van der Waals surface area contributed by atoms with E-state index in [4.69, 9.17) is 9.47 Å². The molecule has 0 aliphatic rings. The highest BCUT2D eigenvalue weighted by Crippen LogP contribution is 2.26. The number of fused-ring (bicyclic) bond motifs is 1. The molecule has 29 heavy (non-hydrogen) atoms. The van der Waals surface area contributed by atoms with Crippen LogP contribution in [0.4, 0.5) is 5.69 Å². The van der Waals surface area contributed by atoms with E-state index in [9.17, 15) is 4.79 Å². The Labute approximate surface area is 169 Å². The molecule has 0 heterocycles. The zero-order chi connectivity index (χ0) is 20.1. The minimum atomic E-state index is -0.781. The van der Waals surface area contributed by atoms with Crippen molar-refractivity contribution in [2.24, 2.45) is 0 Å². The Kier molecular flexibility index (Phi) is 5.43. The molecule has 0 unspecified atom stereocenters. The number of hydrogen-bond donors (Lipinski definition) is 1. The van der Waals surface area contributed by atoms with E-state index >= 15 is 0 Å². The maximum atomic E-state index is 13.1. The van der Waals surface area contributed by atoms with E-state index in [1.807, 2.05) is 72.8 Å². The molecule has 4 aromatic rings. The van der Waals surface area contributed by atoms with Gasteiger partial charge < -0.3 is 14.8 Å². The van der Waals surface area contributed by atoms with Crippen LogP contribution in [0.25, 0.3) is 10.8 Å². The minimum absolute atomic E-state index is 0.234. The fourth-order valence-corrected chi connectivity index (χ4v) is 3.17. The number of rotatable bonds is 6. The number of carbonyl (C=O) groups excluding carboxylic acids is 1. The van der Waals surface area contributed by atoms with E-state index in [0.29, 0.717) is 5.75 Å². The molecule has 0 spiro atoms.